The summed E-state index contributed by atoms with van der Waals surface area (Å²) in [5.41, 5.74) is 1.50. The topological polar surface area (TPSA) is 58.0 Å². The number of nitrogens with zero attached hydrogens (tertiary/aromatic N) is 2. The molecule has 0 saturated heterocycles. The molecule has 1 unspecified atom stereocenters. The van der Waals surface area contributed by atoms with Gasteiger partial charge in [0.05, 0.1) is 18.1 Å². The number of hydrogen-bond acceptors (Lipinski definition) is 4. The number of benzene rings is 1. The summed E-state index contributed by atoms with van der Waals surface area (Å²) in [7, 11) is 0. The first-order valence-corrected chi connectivity index (χ1v) is 5.78. The van der Waals surface area contributed by atoms with Gasteiger partial charge >= 0.3 is 0 Å². The van der Waals surface area contributed by atoms with E-state index in [1.165, 1.54) is 6.33 Å². The van der Waals surface area contributed by atoms with Crippen molar-refractivity contribution in [3.8, 4) is 0 Å². The van der Waals surface area contributed by atoms with Crippen LogP contribution in [0.1, 0.15) is 11.8 Å². The molecule has 5 heteroatoms. The highest BCUT2D eigenvalue weighted by atomic mass is 127. The first kappa shape index (κ1) is 11.3. The molecule has 0 aliphatic carbocycles. The van der Waals surface area contributed by atoms with Gasteiger partial charge in [0, 0.05) is 9.13 Å². The lowest BCUT2D eigenvalue weighted by atomic mass is 10.2. The minimum atomic E-state index is -0.749. The van der Waals surface area contributed by atoms with E-state index >= 15 is 0 Å². The average Bonchev–Trinajstić information content (AvgIpc) is 2.30. The molecule has 0 bridgehead atoms. The molecule has 16 heavy (non-hydrogen) atoms. The molecule has 0 amide bonds. The van der Waals surface area contributed by atoms with Crippen molar-refractivity contribution in [2.45, 2.75) is 6.23 Å². The molecule has 1 aromatic carbocycles. The zero-order chi connectivity index (χ0) is 11.4. The Morgan fingerprint density at radius 1 is 1.25 bits per heavy atom. The number of anilines is 1. The number of hydrogen-bond donors (Lipinski definition) is 2. The summed E-state index contributed by atoms with van der Waals surface area (Å²) in [6, 6.07) is 7.66. The van der Waals surface area contributed by atoms with Crippen molar-refractivity contribution in [3.63, 3.8) is 0 Å². The molecular formula is C11H10IN3O. The lowest BCUT2D eigenvalue weighted by molar-refractivity contribution is 0.208. The zero-order valence-electron chi connectivity index (χ0n) is 8.34. The molecule has 0 radical (unpaired) electrons. The van der Waals surface area contributed by atoms with E-state index in [0.29, 0.717) is 5.69 Å². The molecule has 4 nitrogen and oxygen atoms in total. The van der Waals surface area contributed by atoms with Crippen LogP contribution in [-0.2, 0) is 0 Å². The first-order valence-electron chi connectivity index (χ1n) is 4.71. The summed E-state index contributed by atoms with van der Waals surface area (Å²) in [5, 5.41) is 12.8. The van der Waals surface area contributed by atoms with E-state index in [4.69, 9.17) is 0 Å². The molecule has 1 heterocycles. The van der Waals surface area contributed by atoms with Crippen molar-refractivity contribution >= 4 is 28.3 Å². The van der Waals surface area contributed by atoms with Crippen LogP contribution in [0.15, 0.2) is 43.0 Å². The fourth-order valence-electron chi connectivity index (χ4n) is 1.29. The second-order valence-corrected chi connectivity index (χ2v) is 4.47. The van der Waals surface area contributed by atoms with Crippen molar-refractivity contribution in [1.82, 2.24) is 9.97 Å². The molecule has 1 atom stereocenters. The fraction of sp³-hybridized carbons (Fsp3) is 0.0909. The average molecular weight is 327 g/mol. The molecule has 2 N–H and O–H groups in total. The van der Waals surface area contributed by atoms with Gasteiger partial charge in [0.25, 0.3) is 0 Å². The zero-order valence-corrected chi connectivity index (χ0v) is 10.5. The maximum absolute atomic E-state index is 9.93. The van der Waals surface area contributed by atoms with Gasteiger partial charge in [0.1, 0.15) is 6.33 Å². The highest BCUT2D eigenvalue weighted by Crippen LogP contribution is 2.17. The Balaban J connectivity index is 2.12. The minimum Gasteiger partial charge on any atom is -0.369 e. The van der Waals surface area contributed by atoms with Crippen molar-refractivity contribution in [2.24, 2.45) is 0 Å². The summed E-state index contributed by atoms with van der Waals surface area (Å²) in [6.45, 7) is 0. The number of aliphatic hydroxyl groups is 1. The normalized spacial score (nSPS) is 12.1. The predicted octanol–water partition coefficient (Wildman–Crippen LogP) is 2.18. The monoisotopic (exact) mass is 327 g/mol. The Kier molecular flexibility index (Phi) is 3.68. The number of halogens is 1. The quantitative estimate of drug-likeness (QED) is 0.670. The van der Waals surface area contributed by atoms with Crippen LogP contribution in [0, 0.1) is 3.57 Å². The predicted molar refractivity (Wildman–Crippen MR) is 69.8 cm³/mol. The first-order chi connectivity index (χ1) is 7.75. The Morgan fingerprint density at radius 3 is 2.69 bits per heavy atom. The summed E-state index contributed by atoms with van der Waals surface area (Å²) in [5.74, 6) is 0. The third kappa shape index (κ3) is 2.89. The number of rotatable bonds is 3. The van der Waals surface area contributed by atoms with Crippen LogP contribution >= 0.6 is 22.6 Å². The van der Waals surface area contributed by atoms with E-state index < -0.39 is 6.23 Å². The van der Waals surface area contributed by atoms with Gasteiger partial charge in [0.2, 0.25) is 0 Å². The minimum absolute atomic E-state index is 0.689. The van der Waals surface area contributed by atoms with Gasteiger partial charge in [0.15, 0.2) is 6.23 Å². The van der Waals surface area contributed by atoms with E-state index in [-0.39, 0.29) is 0 Å². The van der Waals surface area contributed by atoms with Crippen molar-refractivity contribution < 1.29 is 5.11 Å². The molecule has 0 aliphatic rings. The van der Waals surface area contributed by atoms with E-state index in [1.54, 1.807) is 12.4 Å². The highest BCUT2D eigenvalue weighted by molar-refractivity contribution is 14.1. The van der Waals surface area contributed by atoms with Gasteiger partial charge in [-0.3, -0.25) is 0 Å². The summed E-state index contributed by atoms with van der Waals surface area (Å²) in [6.07, 6.45) is 3.93. The van der Waals surface area contributed by atoms with Crippen molar-refractivity contribution in [3.05, 3.63) is 52.1 Å². The van der Waals surface area contributed by atoms with E-state index in [9.17, 15) is 5.11 Å². The molecule has 1 aromatic heterocycles. The van der Waals surface area contributed by atoms with Gasteiger partial charge in [-0.15, -0.1) is 0 Å². The summed E-state index contributed by atoms with van der Waals surface area (Å²) < 4.78 is 1.08. The SMILES string of the molecule is OC(Nc1cncnc1)c1cccc(I)c1. The number of aliphatic hydroxyl groups excluding tert-OH is 1. The van der Waals surface area contributed by atoms with Crippen LogP contribution in [0.4, 0.5) is 5.69 Å². The number of aromatic nitrogens is 2. The molecular weight excluding hydrogens is 317 g/mol. The van der Waals surface area contributed by atoms with Gasteiger partial charge in [-0.1, -0.05) is 12.1 Å². The molecule has 2 rings (SSSR count). The van der Waals surface area contributed by atoms with Crippen LogP contribution in [0.25, 0.3) is 0 Å². The molecule has 0 fully saturated rings. The smallest absolute Gasteiger partial charge is 0.150 e. The van der Waals surface area contributed by atoms with Crippen LogP contribution in [0.5, 0.6) is 0 Å². The fourth-order valence-corrected chi connectivity index (χ4v) is 1.86. The maximum Gasteiger partial charge on any atom is 0.150 e. The third-order valence-electron chi connectivity index (χ3n) is 2.03. The maximum atomic E-state index is 9.93. The van der Waals surface area contributed by atoms with Crippen molar-refractivity contribution in [1.29, 1.82) is 0 Å². The molecule has 82 valence electrons. The standard InChI is InChI=1S/C11H10IN3O/c12-9-3-1-2-8(4-9)11(16)15-10-5-13-7-14-6-10/h1-7,11,15-16H. The van der Waals surface area contributed by atoms with Gasteiger partial charge < -0.3 is 10.4 Å². The number of nitrogens with one attached hydrogen (secondary N) is 1. The second kappa shape index (κ2) is 5.22. The Labute approximate surface area is 107 Å². The molecule has 0 aliphatic heterocycles. The lowest BCUT2D eigenvalue weighted by Gasteiger charge is -2.13. The summed E-state index contributed by atoms with van der Waals surface area (Å²) in [4.78, 5) is 7.73. The molecule has 0 saturated carbocycles. The summed E-state index contributed by atoms with van der Waals surface area (Å²) >= 11 is 2.21. The largest absolute Gasteiger partial charge is 0.369 e. The van der Waals surface area contributed by atoms with E-state index in [0.717, 1.165) is 9.13 Å². The molecule has 0 spiro atoms. The van der Waals surface area contributed by atoms with Crippen LogP contribution in [0.2, 0.25) is 0 Å². The van der Waals surface area contributed by atoms with E-state index in [1.807, 2.05) is 24.3 Å². The van der Waals surface area contributed by atoms with Crippen LogP contribution in [0.3, 0.4) is 0 Å². The Hall–Kier alpha value is -1.21. The Bertz CT molecular complexity index is 464. The van der Waals surface area contributed by atoms with Gasteiger partial charge in [-0.25, -0.2) is 9.97 Å². The highest BCUT2D eigenvalue weighted by Gasteiger charge is 2.07. The lowest BCUT2D eigenvalue weighted by Crippen LogP contribution is -2.10. The Morgan fingerprint density at radius 2 is 2.00 bits per heavy atom. The van der Waals surface area contributed by atoms with E-state index in [2.05, 4.69) is 37.9 Å². The van der Waals surface area contributed by atoms with Gasteiger partial charge in [-0.2, -0.15) is 0 Å². The van der Waals surface area contributed by atoms with Gasteiger partial charge in [-0.05, 0) is 34.7 Å². The second-order valence-electron chi connectivity index (χ2n) is 3.23. The van der Waals surface area contributed by atoms with Crippen LogP contribution < -0.4 is 5.32 Å². The third-order valence-corrected chi connectivity index (χ3v) is 2.70. The molecule has 2 aromatic rings. The van der Waals surface area contributed by atoms with Crippen molar-refractivity contribution in [2.75, 3.05) is 5.32 Å². The van der Waals surface area contributed by atoms with Crippen LogP contribution in [-0.4, -0.2) is 15.1 Å².